The third kappa shape index (κ3) is 2.18. The predicted octanol–water partition coefficient (Wildman–Crippen LogP) is 1.58. The lowest BCUT2D eigenvalue weighted by Crippen LogP contribution is -2.00. The molecule has 0 saturated carbocycles. The van der Waals surface area contributed by atoms with Crippen molar-refractivity contribution in [3.05, 3.63) is 29.3 Å². The monoisotopic (exact) mass is 206 g/mol. The third-order valence-electron chi connectivity index (χ3n) is 2.57. The molecule has 0 unspecified atom stereocenters. The zero-order valence-electron chi connectivity index (χ0n) is 8.53. The number of carbonyl (C=O) groups is 1. The number of aliphatic hydroxyl groups is 1. The first-order valence-electron chi connectivity index (χ1n) is 5.21. The Kier molecular flexibility index (Phi) is 3.02. The van der Waals surface area contributed by atoms with Gasteiger partial charge in [0.15, 0.2) is 5.78 Å². The molecule has 1 aromatic carbocycles. The van der Waals surface area contributed by atoms with Crippen molar-refractivity contribution < 1.29 is 14.6 Å². The summed E-state index contributed by atoms with van der Waals surface area (Å²) < 4.78 is 5.36. The number of aliphatic hydroxyl groups excluding tert-OH is 1. The van der Waals surface area contributed by atoms with E-state index in [0.717, 1.165) is 23.3 Å². The Hall–Kier alpha value is -1.35. The molecule has 0 saturated heterocycles. The van der Waals surface area contributed by atoms with Gasteiger partial charge in [0.2, 0.25) is 0 Å². The van der Waals surface area contributed by atoms with Crippen LogP contribution in [0.2, 0.25) is 0 Å². The van der Waals surface area contributed by atoms with E-state index in [1.165, 1.54) is 0 Å². The minimum absolute atomic E-state index is 0.0692. The molecule has 15 heavy (non-hydrogen) atoms. The molecule has 0 radical (unpaired) electrons. The van der Waals surface area contributed by atoms with Crippen molar-refractivity contribution in [3.63, 3.8) is 0 Å². The lowest BCUT2D eigenvalue weighted by Gasteiger charge is -2.02. The topological polar surface area (TPSA) is 46.5 Å². The van der Waals surface area contributed by atoms with E-state index in [4.69, 9.17) is 9.84 Å². The quantitative estimate of drug-likeness (QED) is 0.761. The van der Waals surface area contributed by atoms with Gasteiger partial charge in [-0.3, -0.25) is 4.79 Å². The SMILES string of the molecule is O=C(CCCO)c1ccc2c(c1)CCO2. The van der Waals surface area contributed by atoms with Crippen molar-refractivity contribution in [2.45, 2.75) is 19.3 Å². The summed E-state index contributed by atoms with van der Waals surface area (Å²) in [6.07, 6.45) is 1.83. The summed E-state index contributed by atoms with van der Waals surface area (Å²) in [5.74, 6) is 0.993. The number of fused-ring (bicyclic) bond motifs is 1. The average molecular weight is 206 g/mol. The summed E-state index contributed by atoms with van der Waals surface area (Å²) in [5.41, 5.74) is 1.84. The van der Waals surface area contributed by atoms with E-state index in [9.17, 15) is 4.79 Å². The molecule has 1 aliphatic rings. The van der Waals surface area contributed by atoms with Crippen LogP contribution >= 0.6 is 0 Å². The maximum Gasteiger partial charge on any atom is 0.162 e. The number of ether oxygens (including phenoxy) is 1. The molecule has 3 nitrogen and oxygen atoms in total. The van der Waals surface area contributed by atoms with Crippen LogP contribution in [0.3, 0.4) is 0 Å². The number of hydrogen-bond acceptors (Lipinski definition) is 3. The standard InChI is InChI=1S/C12H14O3/c13-6-1-2-11(14)9-3-4-12-10(8-9)5-7-15-12/h3-4,8,13H,1-2,5-7H2. The Bertz CT molecular complexity index is 371. The first-order valence-corrected chi connectivity index (χ1v) is 5.21. The van der Waals surface area contributed by atoms with Gasteiger partial charge in [-0.05, 0) is 30.2 Å². The summed E-state index contributed by atoms with van der Waals surface area (Å²) in [5, 5.41) is 8.64. The lowest BCUT2D eigenvalue weighted by molar-refractivity contribution is 0.0971. The zero-order chi connectivity index (χ0) is 10.7. The molecule has 0 amide bonds. The fraction of sp³-hybridized carbons (Fsp3) is 0.417. The van der Waals surface area contributed by atoms with Crippen LogP contribution in [0, 0.1) is 0 Å². The molecule has 3 heteroatoms. The van der Waals surface area contributed by atoms with Gasteiger partial charge in [0.05, 0.1) is 6.61 Å². The van der Waals surface area contributed by atoms with Gasteiger partial charge in [-0.2, -0.15) is 0 Å². The number of Topliss-reactive ketones (excluding diaryl/α,β-unsaturated/α-hetero) is 1. The highest BCUT2D eigenvalue weighted by Crippen LogP contribution is 2.26. The van der Waals surface area contributed by atoms with Crippen molar-refractivity contribution in [1.29, 1.82) is 0 Å². The molecule has 1 aliphatic heterocycles. The van der Waals surface area contributed by atoms with Crippen molar-refractivity contribution in [2.75, 3.05) is 13.2 Å². The Balaban J connectivity index is 2.12. The van der Waals surface area contributed by atoms with E-state index in [1.54, 1.807) is 6.07 Å². The summed E-state index contributed by atoms with van der Waals surface area (Å²) in [7, 11) is 0. The van der Waals surface area contributed by atoms with Gasteiger partial charge >= 0.3 is 0 Å². The maximum atomic E-state index is 11.7. The molecule has 0 aliphatic carbocycles. The number of benzene rings is 1. The van der Waals surface area contributed by atoms with Gasteiger partial charge in [-0.1, -0.05) is 0 Å². The van der Waals surface area contributed by atoms with E-state index in [2.05, 4.69) is 0 Å². The van der Waals surface area contributed by atoms with Crippen LogP contribution in [0.5, 0.6) is 5.75 Å². The minimum Gasteiger partial charge on any atom is -0.493 e. The molecule has 1 aromatic rings. The highest BCUT2D eigenvalue weighted by molar-refractivity contribution is 5.96. The summed E-state index contributed by atoms with van der Waals surface area (Å²) in [6, 6.07) is 5.56. The third-order valence-corrected chi connectivity index (χ3v) is 2.57. The summed E-state index contributed by atoms with van der Waals surface area (Å²) >= 11 is 0. The molecular weight excluding hydrogens is 192 g/mol. The van der Waals surface area contributed by atoms with Gasteiger partial charge in [0, 0.05) is 25.0 Å². The first-order chi connectivity index (χ1) is 7.31. The Morgan fingerprint density at radius 1 is 1.47 bits per heavy atom. The lowest BCUT2D eigenvalue weighted by atomic mass is 10.0. The highest BCUT2D eigenvalue weighted by atomic mass is 16.5. The van der Waals surface area contributed by atoms with Crippen molar-refractivity contribution in [3.8, 4) is 5.75 Å². The summed E-state index contributed by atoms with van der Waals surface area (Å²) in [6.45, 7) is 0.781. The van der Waals surface area contributed by atoms with Gasteiger partial charge in [-0.15, -0.1) is 0 Å². The molecule has 0 spiro atoms. The van der Waals surface area contributed by atoms with Gasteiger partial charge in [-0.25, -0.2) is 0 Å². The fourth-order valence-corrected chi connectivity index (χ4v) is 1.74. The van der Waals surface area contributed by atoms with Crippen molar-refractivity contribution in [1.82, 2.24) is 0 Å². The van der Waals surface area contributed by atoms with Crippen LogP contribution in [0.25, 0.3) is 0 Å². The number of hydrogen-bond donors (Lipinski definition) is 1. The maximum absolute atomic E-state index is 11.7. The largest absolute Gasteiger partial charge is 0.493 e. The van der Waals surface area contributed by atoms with Crippen LogP contribution in [0.1, 0.15) is 28.8 Å². The van der Waals surface area contributed by atoms with E-state index >= 15 is 0 Å². The average Bonchev–Trinajstić information content (AvgIpc) is 2.72. The smallest absolute Gasteiger partial charge is 0.162 e. The fourth-order valence-electron chi connectivity index (χ4n) is 1.74. The van der Waals surface area contributed by atoms with Crippen LogP contribution in [0.4, 0.5) is 0 Å². The summed E-state index contributed by atoms with van der Waals surface area (Å²) in [4.78, 5) is 11.7. The normalized spacial score (nSPS) is 13.4. The Labute approximate surface area is 88.7 Å². The molecule has 0 aromatic heterocycles. The van der Waals surface area contributed by atoms with Gasteiger partial charge < -0.3 is 9.84 Å². The van der Waals surface area contributed by atoms with Crippen molar-refractivity contribution in [2.24, 2.45) is 0 Å². The molecule has 0 atom stereocenters. The second-order valence-electron chi connectivity index (χ2n) is 3.67. The zero-order valence-corrected chi connectivity index (χ0v) is 8.53. The number of carbonyl (C=O) groups excluding carboxylic acids is 1. The van der Waals surface area contributed by atoms with Crippen molar-refractivity contribution >= 4 is 5.78 Å². The first kappa shape index (κ1) is 10.2. The second kappa shape index (κ2) is 4.45. The van der Waals surface area contributed by atoms with E-state index in [0.29, 0.717) is 19.4 Å². The van der Waals surface area contributed by atoms with E-state index in [1.807, 2.05) is 12.1 Å². The Morgan fingerprint density at radius 3 is 3.13 bits per heavy atom. The van der Waals surface area contributed by atoms with E-state index in [-0.39, 0.29) is 12.4 Å². The molecular formula is C12H14O3. The molecule has 2 rings (SSSR count). The van der Waals surface area contributed by atoms with Crippen LogP contribution in [-0.4, -0.2) is 24.1 Å². The van der Waals surface area contributed by atoms with Gasteiger partial charge in [0.1, 0.15) is 5.75 Å². The number of rotatable bonds is 4. The molecule has 1 N–H and O–H groups in total. The highest BCUT2D eigenvalue weighted by Gasteiger charge is 2.14. The molecule has 80 valence electrons. The Morgan fingerprint density at radius 2 is 2.33 bits per heavy atom. The van der Waals surface area contributed by atoms with Crippen LogP contribution < -0.4 is 4.74 Å². The van der Waals surface area contributed by atoms with Crippen LogP contribution in [-0.2, 0) is 6.42 Å². The molecule has 0 fully saturated rings. The predicted molar refractivity (Wildman–Crippen MR) is 56.3 cm³/mol. The molecule has 1 heterocycles. The van der Waals surface area contributed by atoms with E-state index < -0.39 is 0 Å². The molecule has 0 bridgehead atoms. The second-order valence-corrected chi connectivity index (χ2v) is 3.67. The number of ketones is 1. The van der Waals surface area contributed by atoms with Gasteiger partial charge in [0.25, 0.3) is 0 Å². The minimum atomic E-state index is 0.0692. The van der Waals surface area contributed by atoms with Crippen LogP contribution in [0.15, 0.2) is 18.2 Å².